The minimum absolute atomic E-state index is 0.0141. The highest BCUT2D eigenvalue weighted by molar-refractivity contribution is 5.70. The van der Waals surface area contributed by atoms with Crippen molar-refractivity contribution >= 4 is 5.97 Å². The van der Waals surface area contributed by atoms with Crippen LogP contribution in [0.5, 0.6) is 5.75 Å². The van der Waals surface area contributed by atoms with Crippen LogP contribution < -0.4 is 4.74 Å². The topological polar surface area (TPSA) is 46.5 Å². The molecular formula is C18H28O3. The number of unbranched alkanes of at least 4 members (excludes halogenated alkanes) is 2. The van der Waals surface area contributed by atoms with Crippen molar-refractivity contribution in [2.75, 3.05) is 7.11 Å². The van der Waals surface area contributed by atoms with Crippen molar-refractivity contribution in [3.8, 4) is 5.75 Å². The summed E-state index contributed by atoms with van der Waals surface area (Å²) in [4.78, 5) is 11.0. The molecular weight excluding hydrogens is 264 g/mol. The monoisotopic (exact) mass is 292 g/mol. The average molecular weight is 292 g/mol. The standard InChI is InChI=1S/C18H28O3/c1-6-7-8-9-18(3,4)15-11-14(12-16(19)20)10-13(2)17(15)21-5/h10-11H,6-9,12H2,1-5H3,(H,19,20). The second kappa shape index (κ2) is 7.48. The zero-order chi connectivity index (χ0) is 16.0. The quantitative estimate of drug-likeness (QED) is 0.718. The van der Waals surface area contributed by atoms with Crippen LogP contribution in [0.25, 0.3) is 0 Å². The summed E-state index contributed by atoms with van der Waals surface area (Å²) in [6.07, 6.45) is 4.73. The molecule has 1 aromatic carbocycles. The highest BCUT2D eigenvalue weighted by Crippen LogP contribution is 2.38. The Morgan fingerprint density at radius 1 is 1.29 bits per heavy atom. The molecule has 0 heterocycles. The van der Waals surface area contributed by atoms with E-state index in [-0.39, 0.29) is 11.8 Å². The van der Waals surface area contributed by atoms with E-state index in [9.17, 15) is 4.79 Å². The van der Waals surface area contributed by atoms with Crippen molar-refractivity contribution in [2.24, 2.45) is 0 Å². The molecule has 0 saturated heterocycles. The number of ether oxygens (including phenoxy) is 1. The van der Waals surface area contributed by atoms with Gasteiger partial charge in [-0.05, 0) is 29.9 Å². The Kier molecular flexibility index (Phi) is 6.25. The van der Waals surface area contributed by atoms with Gasteiger partial charge in [0.2, 0.25) is 0 Å². The first-order valence-corrected chi connectivity index (χ1v) is 7.71. The van der Waals surface area contributed by atoms with Gasteiger partial charge in [-0.1, -0.05) is 52.2 Å². The van der Waals surface area contributed by atoms with Crippen LogP contribution in [-0.2, 0) is 16.6 Å². The lowest BCUT2D eigenvalue weighted by Crippen LogP contribution is -2.19. The highest BCUT2D eigenvalue weighted by Gasteiger charge is 2.26. The smallest absolute Gasteiger partial charge is 0.307 e. The van der Waals surface area contributed by atoms with Gasteiger partial charge in [0, 0.05) is 5.56 Å². The summed E-state index contributed by atoms with van der Waals surface area (Å²) in [6, 6.07) is 3.92. The van der Waals surface area contributed by atoms with Crippen molar-refractivity contribution in [3.05, 3.63) is 28.8 Å². The summed E-state index contributed by atoms with van der Waals surface area (Å²) in [5, 5.41) is 9.02. The molecule has 0 saturated carbocycles. The van der Waals surface area contributed by atoms with Gasteiger partial charge in [0.25, 0.3) is 0 Å². The van der Waals surface area contributed by atoms with Crippen molar-refractivity contribution in [2.45, 2.75) is 65.2 Å². The van der Waals surface area contributed by atoms with E-state index in [1.165, 1.54) is 19.3 Å². The molecule has 0 aliphatic carbocycles. The van der Waals surface area contributed by atoms with Crippen molar-refractivity contribution in [1.82, 2.24) is 0 Å². The van der Waals surface area contributed by atoms with Crippen LogP contribution in [0.1, 0.15) is 63.1 Å². The molecule has 3 heteroatoms. The van der Waals surface area contributed by atoms with Crippen molar-refractivity contribution in [3.63, 3.8) is 0 Å². The lowest BCUT2D eigenvalue weighted by atomic mass is 9.78. The third-order valence-corrected chi connectivity index (χ3v) is 4.03. The van der Waals surface area contributed by atoms with Crippen LogP contribution in [0.2, 0.25) is 0 Å². The lowest BCUT2D eigenvalue weighted by molar-refractivity contribution is -0.136. The Morgan fingerprint density at radius 2 is 1.95 bits per heavy atom. The number of methoxy groups -OCH3 is 1. The zero-order valence-corrected chi connectivity index (χ0v) is 14.0. The first-order valence-electron chi connectivity index (χ1n) is 7.71. The maximum Gasteiger partial charge on any atom is 0.307 e. The fraction of sp³-hybridized carbons (Fsp3) is 0.611. The van der Waals surface area contributed by atoms with E-state index in [2.05, 4.69) is 20.8 Å². The number of carbonyl (C=O) groups is 1. The Hall–Kier alpha value is -1.51. The number of carboxylic acid groups (broad SMARTS) is 1. The van der Waals surface area contributed by atoms with Crippen LogP contribution in [0.4, 0.5) is 0 Å². The van der Waals surface area contributed by atoms with Gasteiger partial charge < -0.3 is 9.84 Å². The van der Waals surface area contributed by atoms with E-state index < -0.39 is 5.97 Å². The second-order valence-corrected chi connectivity index (χ2v) is 6.41. The fourth-order valence-electron chi connectivity index (χ4n) is 2.85. The predicted octanol–water partition coefficient (Wildman–Crippen LogP) is 4.49. The Morgan fingerprint density at radius 3 is 2.48 bits per heavy atom. The molecule has 0 aliphatic rings. The van der Waals surface area contributed by atoms with Crippen molar-refractivity contribution in [1.29, 1.82) is 0 Å². The third kappa shape index (κ3) is 4.76. The van der Waals surface area contributed by atoms with Gasteiger partial charge in [0.1, 0.15) is 5.75 Å². The summed E-state index contributed by atoms with van der Waals surface area (Å²) in [7, 11) is 1.69. The number of carboxylic acids is 1. The molecule has 0 amide bonds. The van der Waals surface area contributed by atoms with Gasteiger partial charge in [-0.25, -0.2) is 0 Å². The summed E-state index contributed by atoms with van der Waals surface area (Å²) < 4.78 is 5.58. The molecule has 0 radical (unpaired) electrons. The molecule has 3 nitrogen and oxygen atoms in total. The van der Waals surface area contributed by atoms with Gasteiger partial charge in [0.05, 0.1) is 13.5 Å². The number of aliphatic carboxylic acids is 1. The SMILES string of the molecule is CCCCCC(C)(C)c1cc(CC(=O)O)cc(C)c1OC. The molecule has 1 rings (SSSR count). The van der Waals surface area contributed by atoms with E-state index >= 15 is 0 Å². The molecule has 1 aromatic rings. The average Bonchev–Trinajstić information content (AvgIpc) is 2.37. The fourth-order valence-corrected chi connectivity index (χ4v) is 2.85. The van der Waals surface area contributed by atoms with Crippen LogP contribution in [0.15, 0.2) is 12.1 Å². The Balaban J connectivity index is 3.17. The normalized spacial score (nSPS) is 11.5. The van der Waals surface area contributed by atoms with E-state index in [1.807, 2.05) is 19.1 Å². The van der Waals surface area contributed by atoms with E-state index in [1.54, 1.807) is 7.11 Å². The molecule has 21 heavy (non-hydrogen) atoms. The maximum atomic E-state index is 11.0. The minimum atomic E-state index is -0.797. The van der Waals surface area contributed by atoms with Crippen LogP contribution in [-0.4, -0.2) is 18.2 Å². The second-order valence-electron chi connectivity index (χ2n) is 6.41. The number of hydrogen-bond acceptors (Lipinski definition) is 2. The summed E-state index contributed by atoms with van der Waals surface area (Å²) in [5.41, 5.74) is 2.96. The molecule has 0 spiro atoms. The van der Waals surface area contributed by atoms with Gasteiger partial charge in [-0.2, -0.15) is 0 Å². The summed E-state index contributed by atoms with van der Waals surface area (Å²) >= 11 is 0. The first kappa shape index (κ1) is 17.5. The molecule has 0 unspecified atom stereocenters. The number of aryl methyl sites for hydroxylation is 1. The number of hydrogen-bond donors (Lipinski definition) is 1. The summed E-state index contributed by atoms with van der Waals surface area (Å²) in [5.74, 6) is 0.0972. The van der Waals surface area contributed by atoms with Crippen LogP contribution in [0.3, 0.4) is 0 Å². The molecule has 0 fully saturated rings. The van der Waals surface area contributed by atoms with Crippen LogP contribution in [0, 0.1) is 6.92 Å². The van der Waals surface area contributed by atoms with E-state index in [0.29, 0.717) is 0 Å². The van der Waals surface area contributed by atoms with E-state index in [4.69, 9.17) is 9.84 Å². The Bertz CT molecular complexity index is 489. The molecule has 0 bridgehead atoms. The zero-order valence-electron chi connectivity index (χ0n) is 14.0. The molecule has 0 aromatic heterocycles. The number of rotatable bonds is 8. The Labute approximate surface area is 128 Å². The first-order chi connectivity index (χ1) is 9.81. The van der Waals surface area contributed by atoms with E-state index in [0.717, 1.165) is 28.9 Å². The maximum absolute atomic E-state index is 11.0. The van der Waals surface area contributed by atoms with Gasteiger partial charge in [-0.3, -0.25) is 4.79 Å². The minimum Gasteiger partial charge on any atom is -0.496 e. The number of benzene rings is 1. The van der Waals surface area contributed by atoms with Crippen molar-refractivity contribution < 1.29 is 14.6 Å². The molecule has 118 valence electrons. The largest absolute Gasteiger partial charge is 0.496 e. The molecule has 0 aliphatic heterocycles. The van der Waals surface area contributed by atoms with Gasteiger partial charge in [-0.15, -0.1) is 0 Å². The third-order valence-electron chi connectivity index (χ3n) is 4.03. The van der Waals surface area contributed by atoms with Gasteiger partial charge >= 0.3 is 5.97 Å². The predicted molar refractivity (Wildman–Crippen MR) is 86.2 cm³/mol. The lowest BCUT2D eigenvalue weighted by Gasteiger charge is -2.29. The van der Waals surface area contributed by atoms with Crippen LogP contribution >= 0.6 is 0 Å². The molecule has 1 N–H and O–H groups in total. The summed E-state index contributed by atoms with van der Waals surface area (Å²) in [6.45, 7) is 8.61. The van der Waals surface area contributed by atoms with Gasteiger partial charge in [0.15, 0.2) is 0 Å². The molecule has 0 atom stereocenters. The highest BCUT2D eigenvalue weighted by atomic mass is 16.5.